The summed E-state index contributed by atoms with van der Waals surface area (Å²) in [7, 11) is 0. The third-order valence-corrected chi connectivity index (χ3v) is 3.15. The van der Waals surface area contributed by atoms with Gasteiger partial charge in [-0.25, -0.2) is 8.78 Å². The second-order valence-electron chi connectivity index (χ2n) is 4.64. The Bertz CT molecular complexity index is 466. The summed E-state index contributed by atoms with van der Waals surface area (Å²) in [4.78, 5) is 11.8. The Morgan fingerprint density at radius 1 is 1.42 bits per heavy atom. The monoisotopic (exact) mass is 270 g/mol. The van der Waals surface area contributed by atoms with Gasteiger partial charge in [-0.3, -0.25) is 4.79 Å². The minimum absolute atomic E-state index is 0.470. The van der Waals surface area contributed by atoms with Crippen molar-refractivity contribution in [2.45, 2.75) is 24.9 Å². The molecule has 0 unspecified atom stereocenters. The van der Waals surface area contributed by atoms with E-state index in [0.717, 1.165) is 11.1 Å². The number of carbonyl (C=O) groups is 1. The summed E-state index contributed by atoms with van der Waals surface area (Å²) < 4.78 is 25.7. The lowest BCUT2D eigenvalue weighted by Crippen LogP contribution is -2.50. The van der Waals surface area contributed by atoms with Crippen molar-refractivity contribution < 1.29 is 18.7 Å². The average Bonchev–Trinajstić information content (AvgIpc) is 2.44. The van der Waals surface area contributed by atoms with Crippen LogP contribution in [0.25, 0.3) is 0 Å². The van der Waals surface area contributed by atoms with E-state index in [1.807, 2.05) is 24.3 Å². The molecule has 1 atom stereocenters. The third kappa shape index (κ3) is 3.48. The zero-order valence-corrected chi connectivity index (χ0v) is 10.3. The van der Waals surface area contributed by atoms with Gasteiger partial charge < -0.3 is 15.7 Å². The highest BCUT2D eigenvalue weighted by Crippen LogP contribution is 2.16. The lowest BCUT2D eigenvalue weighted by atomic mass is 9.95. The Hall–Kier alpha value is -1.53. The SMILES string of the molecule is O=C(NCC(F)(F)CO)[C@H]1Cc2ccccc2CN1. The molecule has 1 aliphatic heterocycles. The lowest BCUT2D eigenvalue weighted by molar-refractivity contribution is -0.126. The maximum absolute atomic E-state index is 12.8. The van der Waals surface area contributed by atoms with Crippen LogP contribution in [0.5, 0.6) is 0 Å². The van der Waals surface area contributed by atoms with Crippen LogP contribution >= 0.6 is 0 Å². The summed E-state index contributed by atoms with van der Waals surface area (Å²) in [5.41, 5.74) is 2.17. The fraction of sp³-hybridized carbons (Fsp3) is 0.462. The fourth-order valence-corrected chi connectivity index (χ4v) is 2.04. The molecule has 1 aromatic rings. The van der Waals surface area contributed by atoms with E-state index in [-0.39, 0.29) is 0 Å². The van der Waals surface area contributed by atoms with Gasteiger partial charge in [0, 0.05) is 6.54 Å². The van der Waals surface area contributed by atoms with Gasteiger partial charge in [-0.05, 0) is 17.5 Å². The van der Waals surface area contributed by atoms with Crippen LogP contribution in [0.1, 0.15) is 11.1 Å². The summed E-state index contributed by atoms with van der Waals surface area (Å²) in [6.07, 6.45) is 0.479. The van der Waals surface area contributed by atoms with E-state index in [4.69, 9.17) is 5.11 Å². The van der Waals surface area contributed by atoms with Crippen LogP contribution in [0.4, 0.5) is 8.78 Å². The zero-order chi connectivity index (χ0) is 13.9. The number of carbonyl (C=O) groups excluding carboxylic acids is 1. The molecule has 0 fully saturated rings. The lowest BCUT2D eigenvalue weighted by Gasteiger charge is -2.26. The molecule has 0 aliphatic carbocycles. The van der Waals surface area contributed by atoms with Crippen molar-refractivity contribution in [1.29, 1.82) is 0 Å². The van der Waals surface area contributed by atoms with Gasteiger partial charge >= 0.3 is 0 Å². The fourth-order valence-electron chi connectivity index (χ4n) is 2.04. The number of fused-ring (bicyclic) bond motifs is 1. The van der Waals surface area contributed by atoms with Gasteiger partial charge in [0.25, 0.3) is 5.92 Å². The van der Waals surface area contributed by atoms with E-state index in [9.17, 15) is 13.6 Å². The first-order valence-corrected chi connectivity index (χ1v) is 6.08. The number of rotatable bonds is 4. The van der Waals surface area contributed by atoms with Crippen molar-refractivity contribution >= 4 is 5.91 Å². The molecule has 4 nitrogen and oxygen atoms in total. The van der Waals surface area contributed by atoms with Crippen molar-refractivity contribution in [3.8, 4) is 0 Å². The zero-order valence-electron chi connectivity index (χ0n) is 10.3. The van der Waals surface area contributed by atoms with E-state index in [2.05, 4.69) is 10.6 Å². The molecule has 1 aliphatic rings. The van der Waals surface area contributed by atoms with Crippen molar-refractivity contribution in [1.82, 2.24) is 10.6 Å². The van der Waals surface area contributed by atoms with Gasteiger partial charge in [-0.2, -0.15) is 0 Å². The van der Waals surface area contributed by atoms with Crippen molar-refractivity contribution in [2.24, 2.45) is 0 Å². The highest BCUT2D eigenvalue weighted by atomic mass is 19.3. The number of nitrogens with one attached hydrogen (secondary N) is 2. The molecule has 0 saturated heterocycles. The number of amides is 1. The molecule has 3 N–H and O–H groups in total. The molecule has 0 spiro atoms. The van der Waals surface area contributed by atoms with E-state index in [1.165, 1.54) is 0 Å². The number of halogens is 2. The molecule has 19 heavy (non-hydrogen) atoms. The summed E-state index contributed by atoms with van der Waals surface area (Å²) >= 11 is 0. The topological polar surface area (TPSA) is 61.4 Å². The van der Waals surface area contributed by atoms with Gasteiger partial charge in [0.1, 0.15) is 6.61 Å². The van der Waals surface area contributed by atoms with Crippen molar-refractivity contribution in [2.75, 3.05) is 13.2 Å². The van der Waals surface area contributed by atoms with Gasteiger partial charge in [0.05, 0.1) is 12.6 Å². The van der Waals surface area contributed by atoms with Crippen LogP contribution in [0, 0.1) is 0 Å². The highest BCUT2D eigenvalue weighted by molar-refractivity contribution is 5.82. The Morgan fingerprint density at radius 2 is 2.11 bits per heavy atom. The molecule has 0 radical (unpaired) electrons. The predicted octanol–water partition coefficient (Wildman–Crippen LogP) is 0.445. The van der Waals surface area contributed by atoms with Crippen molar-refractivity contribution in [3.05, 3.63) is 35.4 Å². The summed E-state index contributed by atoms with van der Waals surface area (Å²) in [6.45, 7) is -1.57. The van der Waals surface area contributed by atoms with E-state index in [1.54, 1.807) is 0 Å². The largest absolute Gasteiger partial charge is 0.390 e. The standard InChI is InChI=1S/C13H16F2N2O2/c14-13(15,8-18)7-17-12(19)11-5-9-3-1-2-4-10(9)6-16-11/h1-4,11,16,18H,5-8H2,(H,17,19)/t11-/m1/s1. The molecule has 6 heteroatoms. The predicted molar refractivity (Wildman–Crippen MR) is 65.8 cm³/mol. The minimum Gasteiger partial charge on any atom is -0.390 e. The Balaban J connectivity index is 1.92. The normalized spacial score (nSPS) is 18.8. The van der Waals surface area contributed by atoms with Crippen molar-refractivity contribution in [3.63, 3.8) is 0 Å². The number of hydrogen-bond donors (Lipinski definition) is 3. The van der Waals surface area contributed by atoms with E-state index >= 15 is 0 Å². The number of alkyl halides is 2. The molecule has 2 rings (SSSR count). The molecule has 1 heterocycles. The molecule has 104 valence electrons. The Kier molecular flexibility index (Phi) is 4.11. The average molecular weight is 270 g/mol. The van der Waals surface area contributed by atoms with Gasteiger partial charge in [0.15, 0.2) is 0 Å². The summed E-state index contributed by atoms with van der Waals surface area (Å²) in [5, 5.41) is 13.6. The van der Waals surface area contributed by atoms with Crippen LogP contribution in [-0.2, 0) is 17.8 Å². The number of aliphatic hydroxyl groups excluding tert-OH is 1. The first-order chi connectivity index (χ1) is 9.02. The molecular weight excluding hydrogens is 254 g/mol. The summed E-state index contributed by atoms with van der Waals surface area (Å²) in [5.74, 6) is -3.75. The smallest absolute Gasteiger partial charge is 0.287 e. The highest BCUT2D eigenvalue weighted by Gasteiger charge is 2.30. The molecule has 1 amide bonds. The number of aliphatic hydroxyl groups is 1. The third-order valence-electron chi connectivity index (χ3n) is 3.15. The molecule has 0 saturated carbocycles. The molecule has 0 bridgehead atoms. The van der Waals surface area contributed by atoms with E-state index in [0.29, 0.717) is 13.0 Å². The van der Waals surface area contributed by atoms with Crippen LogP contribution in [-0.4, -0.2) is 36.1 Å². The van der Waals surface area contributed by atoms with Gasteiger partial charge in [-0.1, -0.05) is 24.3 Å². The molecule has 1 aromatic carbocycles. The second kappa shape index (κ2) is 5.63. The first-order valence-electron chi connectivity index (χ1n) is 6.08. The number of benzene rings is 1. The maximum atomic E-state index is 12.8. The Morgan fingerprint density at radius 3 is 2.79 bits per heavy atom. The quantitative estimate of drug-likeness (QED) is 0.744. The van der Waals surface area contributed by atoms with Gasteiger partial charge in [-0.15, -0.1) is 0 Å². The number of hydrogen-bond acceptors (Lipinski definition) is 3. The van der Waals surface area contributed by atoms with Crippen LogP contribution in [0.3, 0.4) is 0 Å². The van der Waals surface area contributed by atoms with Crippen LogP contribution in [0.2, 0.25) is 0 Å². The minimum atomic E-state index is -3.28. The Labute approximate surface area is 109 Å². The van der Waals surface area contributed by atoms with Gasteiger partial charge in [0.2, 0.25) is 5.91 Å². The van der Waals surface area contributed by atoms with E-state index < -0.39 is 31.0 Å². The molecule has 0 aromatic heterocycles. The maximum Gasteiger partial charge on any atom is 0.287 e. The first kappa shape index (κ1) is 13.9. The van der Waals surface area contributed by atoms with Crippen LogP contribution in [0.15, 0.2) is 24.3 Å². The second-order valence-corrected chi connectivity index (χ2v) is 4.64. The summed E-state index contributed by atoms with van der Waals surface area (Å²) in [6, 6.07) is 7.20. The molecular formula is C13H16F2N2O2. The van der Waals surface area contributed by atoms with Crippen LogP contribution < -0.4 is 10.6 Å².